The molecule has 0 radical (unpaired) electrons. The van der Waals surface area contributed by atoms with Crippen molar-refractivity contribution in [1.82, 2.24) is 4.90 Å². The van der Waals surface area contributed by atoms with Crippen LogP contribution >= 0.6 is 11.6 Å². The number of carbonyl (C=O) groups excluding carboxylic acids is 1. The van der Waals surface area contributed by atoms with Crippen molar-refractivity contribution < 1.29 is 9.90 Å². The van der Waals surface area contributed by atoms with Crippen molar-refractivity contribution in [3.8, 4) is 0 Å². The van der Waals surface area contributed by atoms with Gasteiger partial charge in [0.05, 0.1) is 11.6 Å². The first-order valence-corrected chi connectivity index (χ1v) is 6.98. The Labute approximate surface area is 119 Å². The highest BCUT2D eigenvalue weighted by atomic mass is 35.5. The maximum absolute atomic E-state index is 12.6. The summed E-state index contributed by atoms with van der Waals surface area (Å²) in [7, 11) is 0. The molecule has 4 heteroatoms. The third-order valence-electron chi connectivity index (χ3n) is 3.75. The quantitative estimate of drug-likeness (QED) is 0.905. The lowest BCUT2D eigenvalue weighted by Crippen LogP contribution is -2.48. The fraction of sp³-hybridized carbons (Fsp3) is 0.533. The van der Waals surface area contributed by atoms with E-state index in [0.717, 1.165) is 18.4 Å². The Bertz CT molecular complexity index is 493. The molecule has 1 heterocycles. The van der Waals surface area contributed by atoms with E-state index in [1.165, 1.54) is 0 Å². The van der Waals surface area contributed by atoms with Gasteiger partial charge in [-0.1, -0.05) is 11.6 Å². The standard InChI is InChI=1S/C15H20ClNO2/c1-10-9-11(16)6-7-12(10)14(18)17-8-4-5-13(17)15(2,3)19/h6-7,9,13,19H,4-5,8H2,1-3H3. The lowest BCUT2D eigenvalue weighted by Gasteiger charge is -2.34. The molecule has 104 valence electrons. The Morgan fingerprint density at radius 3 is 2.74 bits per heavy atom. The van der Waals surface area contributed by atoms with Gasteiger partial charge in [0.15, 0.2) is 0 Å². The van der Waals surface area contributed by atoms with E-state index >= 15 is 0 Å². The molecule has 0 aliphatic carbocycles. The highest BCUT2D eigenvalue weighted by molar-refractivity contribution is 6.30. The molecular formula is C15H20ClNO2. The predicted octanol–water partition coefficient (Wildman–Crippen LogP) is 3.02. The van der Waals surface area contributed by atoms with Gasteiger partial charge in [0.1, 0.15) is 0 Å². The van der Waals surface area contributed by atoms with Gasteiger partial charge in [-0.15, -0.1) is 0 Å². The number of rotatable bonds is 2. The monoisotopic (exact) mass is 281 g/mol. The van der Waals surface area contributed by atoms with Gasteiger partial charge in [-0.3, -0.25) is 4.79 Å². The number of hydrogen-bond acceptors (Lipinski definition) is 2. The molecule has 0 spiro atoms. The maximum Gasteiger partial charge on any atom is 0.254 e. The summed E-state index contributed by atoms with van der Waals surface area (Å²) >= 11 is 5.92. The van der Waals surface area contributed by atoms with Gasteiger partial charge in [0.25, 0.3) is 5.91 Å². The molecule has 1 aromatic rings. The fourth-order valence-corrected chi connectivity index (χ4v) is 2.99. The summed E-state index contributed by atoms with van der Waals surface area (Å²) in [6, 6.07) is 5.18. The number of carbonyl (C=O) groups is 1. The average Bonchev–Trinajstić information content (AvgIpc) is 2.76. The van der Waals surface area contributed by atoms with Crippen molar-refractivity contribution >= 4 is 17.5 Å². The van der Waals surface area contributed by atoms with Crippen molar-refractivity contribution in [3.05, 3.63) is 34.3 Å². The van der Waals surface area contributed by atoms with E-state index < -0.39 is 5.60 Å². The van der Waals surface area contributed by atoms with Crippen LogP contribution in [0.15, 0.2) is 18.2 Å². The number of aryl methyl sites for hydroxylation is 1. The van der Waals surface area contributed by atoms with E-state index in [1.807, 2.05) is 6.92 Å². The number of amides is 1. The van der Waals surface area contributed by atoms with Crippen LogP contribution in [0.1, 0.15) is 42.6 Å². The smallest absolute Gasteiger partial charge is 0.254 e. The van der Waals surface area contributed by atoms with Crippen molar-refractivity contribution in [1.29, 1.82) is 0 Å². The molecule has 1 unspecified atom stereocenters. The molecule has 1 N–H and O–H groups in total. The van der Waals surface area contributed by atoms with E-state index in [0.29, 0.717) is 17.1 Å². The minimum absolute atomic E-state index is 0.0150. The van der Waals surface area contributed by atoms with Gasteiger partial charge >= 0.3 is 0 Å². The molecule has 1 fully saturated rings. The van der Waals surface area contributed by atoms with Gasteiger partial charge in [0, 0.05) is 17.1 Å². The number of halogens is 1. The molecule has 1 amide bonds. The Balaban J connectivity index is 2.28. The molecule has 19 heavy (non-hydrogen) atoms. The summed E-state index contributed by atoms with van der Waals surface area (Å²) < 4.78 is 0. The molecular weight excluding hydrogens is 262 g/mol. The van der Waals surface area contributed by atoms with Gasteiger partial charge in [-0.25, -0.2) is 0 Å². The first-order valence-electron chi connectivity index (χ1n) is 6.60. The van der Waals surface area contributed by atoms with E-state index in [4.69, 9.17) is 11.6 Å². The molecule has 1 atom stereocenters. The molecule has 0 saturated carbocycles. The maximum atomic E-state index is 12.6. The van der Waals surface area contributed by atoms with Crippen LogP contribution in [-0.2, 0) is 0 Å². The number of likely N-dealkylation sites (tertiary alicyclic amines) is 1. The van der Waals surface area contributed by atoms with Crippen LogP contribution < -0.4 is 0 Å². The second kappa shape index (κ2) is 5.14. The number of aliphatic hydroxyl groups is 1. The lowest BCUT2D eigenvalue weighted by molar-refractivity contribution is 0.000304. The molecule has 3 nitrogen and oxygen atoms in total. The van der Waals surface area contributed by atoms with Crippen LogP contribution in [0.2, 0.25) is 5.02 Å². The molecule has 1 aliphatic heterocycles. The van der Waals surface area contributed by atoms with Crippen LogP contribution in [-0.4, -0.2) is 34.1 Å². The second-order valence-electron chi connectivity index (χ2n) is 5.77. The zero-order chi connectivity index (χ0) is 14.2. The largest absolute Gasteiger partial charge is 0.388 e. The molecule has 0 bridgehead atoms. The minimum Gasteiger partial charge on any atom is -0.388 e. The number of nitrogens with zero attached hydrogens (tertiary/aromatic N) is 1. The van der Waals surface area contributed by atoms with Gasteiger partial charge < -0.3 is 10.0 Å². The van der Waals surface area contributed by atoms with Crippen LogP contribution in [0.3, 0.4) is 0 Å². The van der Waals surface area contributed by atoms with Gasteiger partial charge in [-0.2, -0.15) is 0 Å². The average molecular weight is 282 g/mol. The zero-order valence-corrected chi connectivity index (χ0v) is 12.4. The Kier molecular flexibility index (Phi) is 3.88. The zero-order valence-electron chi connectivity index (χ0n) is 11.6. The lowest BCUT2D eigenvalue weighted by atomic mass is 9.96. The normalized spacial score (nSPS) is 19.8. The molecule has 1 aromatic carbocycles. The van der Waals surface area contributed by atoms with E-state index in [2.05, 4.69) is 0 Å². The topological polar surface area (TPSA) is 40.5 Å². The molecule has 0 aromatic heterocycles. The first kappa shape index (κ1) is 14.4. The molecule has 2 rings (SSSR count). The molecule has 1 saturated heterocycles. The van der Waals surface area contributed by atoms with Crippen molar-refractivity contribution in [2.45, 2.75) is 45.3 Å². The van der Waals surface area contributed by atoms with Gasteiger partial charge in [-0.05, 0) is 57.4 Å². The fourth-order valence-electron chi connectivity index (χ4n) is 2.77. The Morgan fingerprint density at radius 1 is 1.47 bits per heavy atom. The van der Waals surface area contributed by atoms with E-state index in [9.17, 15) is 9.90 Å². The summed E-state index contributed by atoms with van der Waals surface area (Å²) in [5, 5.41) is 10.8. The molecule has 1 aliphatic rings. The number of hydrogen-bond donors (Lipinski definition) is 1. The van der Waals surface area contributed by atoms with Crippen LogP contribution in [0.5, 0.6) is 0 Å². The van der Waals surface area contributed by atoms with Crippen molar-refractivity contribution in [3.63, 3.8) is 0 Å². The third kappa shape index (κ3) is 2.93. The van der Waals surface area contributed by atoms with Crippen molar-refractivity contribution in [2.75, 3.05) is 6.54 Å². The summed E-state index contributed by atoms with van der Waals surface area (Å²) in [6.45, 7) is 6.11. The highest BCUT2D eigenvalue weighted by Gasteiger charge is 2.38. The predicted molar refractivity (Wildman–Crippen MR) is 76.5 cm³/mol. The van der Waals surface area contributed by atoms with Crippen molar-refractivity contribution in [2.24, 2.45) is 0 Å². The summed E-state index contributed by atoms with van der Waals surface area (Å²) in [5.74, 6) is -0.0150. The third-order valence-corrected chi connectivity index (χ3v) is 3.98. The minimum atomic E-state index is -0.869. The summed E-state index contributed by atoms with van der Waals surface area (Å²) in [6.07, 6.45) is 1.79. The summed E-state index contributed by atoms with van der Waals surface area (Å²) in [5.41, 5.74) is 0.673. The van der Waals surface area contributed by atoms with Crippen LogP contribution in [0.4, 0.5) is 0 Å². The Hall–Kier alpha value is -1.06. The first-order chi connectivity index (χ1) is 8.80. The number of benzene rings is 1. The second-order valence-corrected chi connectivity index (χ2v) is 6.21. The van der Waals surface area contributed by atoms with E-state index in [-0.39, 0.29) is 11.9 Å². The highest BCUT2D eigenvalue weighted by Crippen LogP contribution is 2.29. The Morgan fingerprint density at radius 2 is 2.16 bits per heavy atom. The van der Waals surface area contributed by atoms with E-state index in [1.54, 1.807) is 36.9 Å². The SMILES string of the molecule is Cc1cc(Cl)ccc1C(=O)N1CCCC1C(C)(C)O. The van der Waals surface area contributed by atoms with Crippen LogP contribution in [0, 0.1) is 6.92 Å². The van der Waals surface area contributed by atoms with Crippen LogP contribution in [0.25, 0.3) is 0 Å². The van der Waals surface area contributed by atoms with Gasteiger partial charge in [0.2, 0.25) is 0 Å². The summed E-state index contributed by atoms with van der Waals surface area (Å²) in [4.78, 5) is 14.4.